The van der Waals surface area contributed by atoms with Crippen LogP contribution in [0.2, 0.25) is 0 Å². The van der Waals surface area contributed by atoms with Gasteiger partial charge in [0, 0.05) is 18.6 Å². The van der Waals surface area contributed by atoms with Gasteiger partial charge in [-0.25, -0.2) is 9.59 Å². The Balaban J connectivity index is 2.33. The van der Waals surface area contributed by atoms with Gasteiger partial charge in [-0.3, -0.25) is 15.0 Å². The summed E-state index contributed by atoms with van der Waals surface area (Å²) in [6, 6.07) is 3.13. The minimum atomic E-state index is -1.17. The fourth-order valence-electron chi connectivity index (χ4n) is 2.42. The molecule has 0 saturated carbocycles. The highest BCUT2D eigenvalue weighted by Crippen LogP contribution is 2.28. The molecule has 1 N–H and O–H groups in total. The number of aliphatic carboxylic acids is 1. The molecule has 1 atom stereocenters. The molecule has 124 valence electrons. The van der Waals surface area contributed by atoms with Crippen LogP contribution in [0.25, 0.3) is 0 Å². The molecule has 8 nitrogen and oxygen atoms in total. The summed E-state index contributed by atoms with van der Waals surface area (Å²) in [7, 11) is 0. The second-order valence-electron chi connectivity index (χ2n) is 6.38. The number of fused-ring (bicyclic) bond motifs is 1. The van der Waals surface area contributed by atoms with Crippen LogP contribution in [-0.2, 0) is 22.5 Å². The van der Waals surface area contributed by atoms with Gasteiger partial charge in [0.05, 0.1) is 11.5 Å². The average molecular weight is 322 g/mol. The van der Waals surface area contributed by atoms with Crippen molar-refractivity contribution in [1.82, 2.24) is 4.90 Å². The number of ether oxygens (including phenoxy) is 1. The predicted octanol–water partition coefficient (Wildman–Crippen LogP) is 2.34. The maximum absolute atomic E-state index is 12.2. The fourth-order valence-corrected chi connectivity index (χ4v) is 2.42. The molecule has 1 heterocycles. The van der Waals surface area contributed by atoms with Gasteiger partial charge in [0.2, 0.25) is 0 Å². The molecule has 0 aliphatic carbocycles. The van der Waals surface area contributed by atoms with Crippen molar-refractivity contribution in [1.29, 1.82) is 0 Å². The summed E-state index contributed by atoms with van der Waals surface area (Å²) in [5, 5.41) is 20.2. The smallest absolute Gasteiger partial charge is 0.411 e. The quantitative estimate of drug-likeness (QED) is 0.661. The number of hydrogen-bond donors (Lipinski definition) is 1. The zero-order valence-corrected chi connectivity index (χ0v) is 13.1. The summed E-state index contributed by atoms with van der Waals surface area (Å²) in [6.07, 6.45) is -0.708. The Morgan fingerprint density at radius 1 is 1.35 bits per heavy atom. The largest absolute Gasteiger partial charge is 0.480 e. The standard InChI is InChI=1S/C15H18N2O6/c1-15(2,3)23-14(20)16-8-9-4-5-11(17(21)22)6-10(9)7-12(16)13(18)19/h4-6,12H,7-8H2,1-3H3,(H,18,19). The average Bonchev–Trinajstić information content (AvgIpc) is 2.43. The van der Waals surface area contributed by atoms with Crippen LogP contribution in [0, 0.1) is 10.1 Å². The van der Waals surface area contributed by atoms with Crippen LogP contribution in [0.4, 0.5) is 10.5 Å². The number of carbonyl (C=O) groups excluding carboxylic acids is 1. The van der Waals surface area contributed by atoms with Gasteiger partial charge in [-0.15, -0.1) is 0 Å². The first kappa shape index (κ1) is 16.7. The second kappa shape index (κ2) is 5.86. The molecule has 1 unspecified atom stereocenters. The summed E-state index contributed by atoms with van der Waals surface area (Å²) in [4.78, 5) is 35.2. The zero-order chi connectivity index (χ0) is 17.4. The van der Waals surface area contributed by atoms with Gasteiger partial charge < -0.3 is 9.84 Å². The maximum atomic E-state index is 12.2. The van der Waals surface area contributed by atoms with E-state index in [0.717, 1.165) is 4.90 Å². The third kappa shape index (κ3) is 3.77. The molecule has 1 amide bonds. The van der Waals surface area contributed by atoms with Crippen LogP contribution >= 0.6 is 0 Å². The fraction of sp³-hybridized carbons (Fsp3) is 0.467. The van der Waals surface area contributed by atoms with Crippen molar-refractivity contribution in [2.75, 3.05) is 0 Å². The van der Waals surface area contributed by atoms with Crippen molar-refractivity contribution in [2.24, 2.45) is 0 Å². The summed E-state index contributed by atoms with van der Waals surface area (Å²) < 4.78 is 5.25. The lowest BCUT2D eigenvalue weighted by atomic mass is 9.94. The minimum absolute atomic E-state index is 0.00555. The van der Waals surface area contributed by atoms with Crippen molar-refractivity contribution in [3.05, 3.63) is 39.4 Å². The first-order chi connectivity index (χ1) is 10.6. The lowest BCUT2D eigenvalue weighted by Crippen LogP contribution is -2.50. The van der Waals surface area contributed by atoms with E-state index in [1.54, 1.807) is 26.8 Å². The molecule has 8 heteroatoms. The topological polar surface area (TPSA) is 110 Å². The molecular weight excluding hydrogens is 304 g/mol. The van der Waals surface area contributed by atoms with Gasteiger partial charge in [-0.1, -0.05) is 6.07 Å². The van der Waals surface area contributed by atoms with E-state index in [1.165, 1.54) is 12.1 Å². The number of nitrogens with zero attached hydrogens (tertiary/aromatic N) is 2. The van der Waals surface area contributed by atoms with Crippen molar-refractivity contribution in [3.63, 3.8) is 0 Å². The van der Waals surface area contributed by atoms with E-state index in [0.29, 0.717) is 11.1 Å². The van der Waals surface area contributed by atoms with Gasteiger partial charge in [0.15, 0.2) is 0 Å². The van der Waals surface area contributed by atoms with E-state index in [9.17, 15) is 24.8 Å². The lowest BCUT2D eigenvalue weighted by molar-refractivity contribution is -0.384. The summed E-state index contributed by atoms with van der Waals surface area (Å²) in [6.45, 7) is 5.13. The maximum Gasteiger partial charge on any atom is 0.411 e. The minimum Gasteiger partial charge on any atom is -0.480 e. The van der Waals surface area contributed by atoms with E-state index >= 15 is 0 Å². The lowest BCUT2D eigenvalue weighted by Gasteiger charge is -2.35. The molecule has 23 heavy (non-hydrogen) atoms. The van der Waals surface area contributed by atoms with Crippen molar-refractivity contribution < 1.29 is 24.4 Å². The Labute approximate surface area is 132 Å². The number of amides is 1. The number of benzene rings is 1. The van der Waals surface area contributed by atoms with E-state index in [1.807, 2.05) is 0 Å². The SMILES string of the molecule is CC(C)(C)OC(=O)N1Cc2ccc([N+](=O)[O-])cc2CC1C(=O)O. The molecule has 1 aliphatic rings. The molecular formula is C15H18N2O6. The molecule has 0 aromatic heterocycles. The highest BCUT2D eigenvalue weighted by atomic mass is 16.6. The van der Waals surface area contributed by atoms with E-state index in [4.69, 9.17) is 4.74 Å². The third-order valence-electron chi connectivity index (χ3n) is 3.44. The predicted molar refractivity (Wildman–Crippen MR) is 80.0 cm³/mol. The molecule has 1 aromatic carbocycles. The molecule has 0 spiro atoms. The molecule has 1 aliphatic heterocycles. The number of carbonyl (C=O) groups is 2. The van der Waals surface area contributed by atoms with Crippen LogP contribution in [0.15, 0.2) is 18.2 Å². The highest BCUT2D eigenvalue weighted by molar-refractivity contribution is 5.81. The first-order valence-corrected chi connectivity index (χ1v) is 7.07. The summed E-state index contributed by atoms with van der Waals surface area (Å²) in [5.41, 5.74) is 0.402. The van der Waals surface area contributed by atoms with Gasteiger partial charge in [-0.05, 0) is 31.9 Å². The normalized spacial score (nSPS) is 17.3. The number of nitro groups is 1. The third-order valence-corrected chi connectivity index (χ3v) is 3.44. The number of carboxylic acids is 1. The van der Waals surface area contributed by atoms with Gasteiger partial charge >= 0.3 is 12.1 Å². The van der Waals surface area contributed by atoms with E-state index in [2.05, 4.69) is 0 Å². The number of carboxylic acid groups (broad SMARTS) is 1. The monoisotopic (exact) mass is 322 g/mol. The molecule has 0 radical (unpaired) electrons. The molecule has 2 rings (SSSR count). The molecule has 0 fully saturated rings. The Hall–Kier alpha value is -2.64. The number of nitro benzene ring substituents is 1. The van der Waals surface area contributed by atoms with Crippen LogP contribution in [0.5, 0.6) is 0 Å². The molecule has 0 saturated heterocycles. The van der Waals surface area contributed by atoms with Gasteiger partial charge in [0.25, 0.3) is 5.69 Å². The Kier molecular flexibility index (Phi) is 4.26. The Morgan fingerprint density at radius 3 is 2.52 bits per heavy atom. The van der Waals surface area contributed by atoms with Crippen LogP contribution in [-0.4, -0.2) is 38.6 Å². The van der Waals surface area contributed by atoms with Gasteiger partial charge in [-0.2, -0.15) is 0 Å². The second-order valence-corrected chi connectivity index (χ2v) is 6.38. The number of hydrogen-bond acceptors (Lipinski definition) is 5. The summed E-state index contributed by atoms with van der Waals surface area (Å²) >= 11 is 0. The van der Waals surface area contributed by atoms with Crippen LogP contribution < -0.4 is 0 Å². The van der Waals surface area contributed by atoms with E-state index in [-0.39, 0.29) is 18.7 Å². The van der Waals surface area contributed by atoms with Crippen LogP contribution in [0.3, 0.4) is 0 Å². The Bertz CT molecular complexity index is 664. The number of non-ortho nitro benzene ring substituents is 1. The van der Waals surface area contributed by atoms with Crippen LogP contribution in [0.1, 0.15) is 31.9 Å². The summed E-state index contributed by atoms with van der Waals surface area (Å²) in [5.74, 6) is -1.17. The molecule has 1 aromatic rings. The number of rotatable bonds is 2. The van der Waals surface area contributed by atoms with Crippen molar-refractivity contribution >= 4 is 17.7 Å². The Morgan fingerprint density at radius 2 is 2.00 bits per heavy atom. The van der Waals surface area contributed by atoms with E-state index < -0.39 is 28.6 Å². The highest BCUT2D eigenvalue weighted by Gasteiger charge is 2.37. The van der Waals surface area contributed by atoms with Crippen molar-refractivity contribution in [3.8, 4) is 0 Å². The zero-order valence-electron chi connectivity index (χ0n) is 13.1. The molecule has 0 bridgehead atoms. The first-order valence-electron chi connectivity index (χ1n) is 7.07. The van der Waals surface area contributed by atoms with Crippen molar-refractivity contribution in [2.45, 2.75) is 45.4 Å². The van der Waals surface area contributed by atoms with Gasteiger partial charge in [0.1, 0.15) is 11.6 Å².